The fraction of sp³-hybridized carbons (Fsp3) is 0.600. The molecule has 3 heteroatoms. The van der Waals surface area contributed by atoms with Gasteiger partial charge in [-0.05, 0) is 43.9 Å². The van der Waals surface area contributed by atoms with E-state index in [0.29, 0.717) is 12.0 Å². The highest BCUT2D eigenvalue weighted by Crippen LogP contribution is 2.33. The third-order valence-electron chi connectivity index (χ3n) is 3.75. The molecule has 100 valence electrons. The Morgan fingerprint density at radius 2 is 1.89 bits per heavy atom. The van der Waals surface area contributed by atoms with E-state index >= 15 is 0 Å². The monoisotopic (exact) mass is 249 g/mol. The molecule has 1 aromatic rings. The molecule has 2 unspecified atom stereocenters. The summed E-state index contributed by atoms with van der Waals surface area (Å²) in [5.74, 6) is 2.22. The molecule has 1 aliphatic rings. The zero-order valence-corrected chi connectivity index (χ0v) is 11.7. The Kier molecular flexibility index (Phi) is 4.12. The van der Waals surface area contributed by atoms with Crippen LogP contribution >= 0.6 is 0 Å². The van der Waals surface area contributed by atoms with Gasteiger partial charge in [-0.1, -0.05) is 6.92 Å². The summed E-state index contributed by atoms with van der Waals surface area (Å²) in [5.41, 5.74) is 1.21. The molecule has 3 nitrogen and oxygen atoms in total. The van der Waals surface area contributed by atoms with Gasteiger partial charge in [-0.2, -0.15) is 0 Å². The van der Waals surface area contributed by atoms with E-state index in [4.69, 9.17) is 9.47 Å². The van der Waals surface area contributed by atoms with Crippen LogP contribution in [0, 0.1) is 0 Å². The summed E-state index contributed by atoms with van der Waals surface area (Å²) >= 11 is 0. The van der Waals surface area contributed by atoms with E-state index in [1.807, 2.05) is 12.1 Å². The molecule has 0 aliphatic heterocycles. The lowest BCUT2D eigenvalue weighted by atomic mass is 9.93. The van der Waals surface area contributed by atoms with E-state index in [1.165, 1.54) is 18.4 Å². The average Bonchev–Trinajstić information content (AvgIpc) is 3.20. The molecular weight excluding hydrogens is 226 g/mol. The lowest BCUT2D eigenvalue weighted by Crippen LogP contribution is -2.32. The first-order valence-corrected chi connectivity index (χ1v) is 6.63. The largest absolute Gasteiger partial charge is 0.497 e. The molecule has 2 atom stereocenters. The minimum Gasteiger partial charge on any atom is -0.497 e. The number of hydrogen-bond acceptors (Lipinski definition) is 3. The van der Waals surface area contributed by atoms with Crippen LogP contribution in [0.25, 0.3) is 0 Å². The normalized spacial score (nSPS) is 18.2. The molecule has 0 aromatic heterocycles. The van der Waals surface area contributed by atoms with Crippen molar-refractivity contribution in [3.05, 3.63) is 23.8 Å². The van der Waals surface area contributed by atoms with Gasteiger partial charge < -0.3 is 14.8 Å². The summed E-state index contributed by atoms with van der Waals surface area (Å²) in [6.45, 7) is 4.47. The van der Waals surface area contributed by atoms with Crippen LogP contribution in [0.1, 0.15) is 38.2 Å². The van der Waals surface area contributed by atoms with Crippen molar-refractivity contribution >= 4 is 0 Å². The van der Waals surface area contributed by atoms with Crippen LogP contribution in [0.15, 0.2) is 18.2 Å². The van der Waals surface area contributed by atoms with Crippen molar-refractivity contribution in [2.75, 3.05) is 14.2 Å². The van der Waals surface area contributed by atoms with Crippen molar-refractivity contribution in [3.63, 3.8) is 0 Å². The molecule has 1 aromatic carbocycles. The predicted molar refractivity (Wildman–Crippen MR) is 73.6 cm³/mol. The van der Waals surface area contributed by atoms with E-state index in [9.17, 15) is 0 Å². The van der Waals surface area contributed by atoms with Gasteiger partial charge >= 0.3 is 0 Å². The van der Waals surface area contributed by atoms with E-state index in [1.54, 1.807) is 14.2 Å². The van der Waals surface area contributed by atoms with Crippen molar-refractivity contribution in [3.8, 4) is 11.5 Å². The summed E-state index contributed by atoms with van der Waals surface area (Å²) in [7, 11) is 3.42. The third-order valence-corrected chi connectivity index (χ3v) is 3.75. The maximum atomic E-state index is 5.45. The molecule has 0 radical (unpaired) electrons. The van der Waals surface area contributed by atoms with Crippen LogP contribution in [-0.4, -0.2) is 26.3 Å². The lowest BCUT2D eigenvalue weighted by molar-refractivity contribution is 0.387. The molecule has 1 saturated carbocycles. The van der Waals surface area contributed by atoms with Gasteiger partial charge in [0.25, 0.3) is 0 Å². The molecule has 0 amide bonds. The second-order valence-electron chi connectivity index (χ2n) is 5.13. The maximum Gasteiger partial charge on any atom is 0.122 e. The average molecular weight is 249 g/mol. The summed E-state index contributed by atoms with van der Waals surface area (Å²) in [4.78, 5) is 0. The van der Waals surface area contributed by atoms with Crippen LogP contribution in [0.3, 0.4) is 0 Å². The molecule has 2 rings (SSSR count). The van der Waals surface area contributed by atoms with Crippen molar-refractivity contribution in [1.82, 2.24) is 5.32 Å². The van der Waals surface area contributed by atoms with Crippen LogP contribution in [-0.2, 0) is 0 Å². The summed E-state index contributed by atoms with van der Waals surface area (Å²) in [6.07, 6.45) is 2.62. The highest BCUT2D eigenvalue weighted by molar-refractivity contribution is 5.42. The molecule has 0 heterocycles. The van der Waals surface area contributed by atoms with E-state index in [0.717, 1.165) is 17.5 Å². The minimum absolute atomic E-state index is 0.399. The molecule has 0 spiro atoms. The first-order chi connectivity index (χ1) is 8.65. The SMILES string of the molecule is COc1ccc(OC)c(C(C)C(C)NC2CC2)c1. The Labute approximate surface area is 109 Å². The van der Waals surface area contributed by atoms with Crippen molar-refractivity contribution in [1.29, 1.82) is 0 Å². The lowest BCUT2D eigenvalue weighted by Gasteiger charge is -2.24. The third kappa shape index (κ3) is 2.96. The van der Waals surface area contributed by atoms with Gasteiger partial charge in [0.1, 0.15) is 11.5 Å². The van der Waals surface area contributed by atoms with Gasteiger partial charge in [-0.3, -0.25) is 0 Å². The Balaban J connectivity index is 2.17. The molecule has 1 aliphatic carbocycles. The summed E-state index contributed by atoms with van der Waals surface area (Å²) in [6, 6.07) is 7.16. The summed E-state index contributed by atoms with van der Waals surface area (Å²) < 4.78 is 10.8. The number of rotatable bonds is 6. The Bertz CT molecular complexity index is 401. The zero-order valence-electron chi connectivity index (χ0n) is 11.7. The number of ether oxygens (including phenoxy) is 2. The van der Waals surface area contributed by atoms with Gasteiger partial charge in [0, 0.05) is 17.6 Å². The number of methoxy groups -OCH3 is 2. The van der Waals surface area contributed by atoms with E-state index < -0.39 is 0 Å². The number of benzene rings is 1. The van der Waals surface area contributed by atoms with Crippen LogP contribution in [0.5, 0.6) is 11.5 Å². The zero-order chi connectivity index (χ0) is 13.1. The molecule has 18 heavy (non-hydrogen) atoms. The minimum atomic E-state index is 0.399. The molecule has 0 saturated heterocycles. The highest BCUT2D eigenvalue weighted by atomic mass is 16.5. The van der Waals surface area contributed by atoms with Crippen molar-refractivity contribution in [2.45, 2.75) is 44.7 Å². The maximum absolute atomic E-state index is 5.45. The molecule has 0 bridgehead atoms. The number of hydrogen-bond donors (Lipinski definition) is 1. The van der Waals surface area contributed by atoms with Crippen LogP contribution in [0.4, 0.5) is 0 Å². The van der Waals surface area contributed by atoms with Gasteiger partial charge in [0.15, 0.2) is 0 Å². The van der Waals surface area contributed by atoms with Crippen LogP contribution < -0.4 is 14.8 Å². The van der Waals surface area contributed by atoms with Gasteiger partial charge in [0.2, 0.25) is 0 Å². The molecule has 1 fully saturated rings. The number of nitrogens with one attached hydrogen (secondary N) is 1. The summed E-state index contributed by atoms with van der Waals surface area (Å²) in [5, 5.41) is 3.64. The van der Waals surface area contributed by atoms with Crippen molar-refractivity contribution in [2.24, 2.45) is 0 Å². The first-order valence-electron chi connectivity index (χ1n) is 6.63. The molecule has 1 N–H and O–H groups in total. The van der Waals surface area contributed by atoms with Gasteiger partial charge in [-0.15, -0.1) is 0 Å². The smallest absolute Gasteiger partial charge is 0.122 e. The van der Waals surface area contributed by atoms with Crippen LogP contribution in [0.2, 0.25) is 0 Å². The Hall–Kier alpha value is -1.22. The fourth-order valence-electron chi connectivity index (χ4n) is 2.23. The van der Waals surface area contributed by atoms with Crippen molar-refractivity contribution < 1.29 is 9.47 Å². The Morgan fingerprint density at radius 1 is 1.17 bits per heavy atom. The highest BCUT2D eigenvalue weighted by Gasteiger charge is 2.26. The quantitative estimate of drug-likeness (QED) is 0.841. The topological polar surface area (TPSA) is 30.5 Å². The van der Waals surface area contributed by atoms with Gasteiger partial charge in [0.05, 0.1) is 14.2 Å². The first kappa shape index (κ1) is 13.2. The molecular formula is C15H23NO2. The second kappa shape index (κ2) is 5.61. The van der Waals surface area contributed by atoms with Gasteiger partial charge in [-0.25, -0.2) is 0 Å². The second-order valence-corrected chi connectivity index (χ2v) is 5.13. The standard InChI is InChI=1S/C15H23NO2/c1-10(11(2)16-12-5-6-12)14-9-13(17-3)7-8-15(14)18-4/h7-12,16H,5-6H2,1-4H3. The fourth-order valence-corrected chi connectivity index (χ4v) is 2.23. The Morgan fingerprint density at radius 3 is 2.44 bits per heavy atom. The van der Waals surface area contributed by atoms with E-state index in [-0.39, 0.29) is 0 Å². The predicted octanol–water partition coefficient (Wildman–Crippen LogP) is 2.95. The van der Waals surface area contributed by atoms with E-state index in [2.05, 4.69) is 25.2 Å².